The van der Waals surface area contributed by atoms with Gasteiger partial charge < -0.3 is 5.73 Å². The maximum absolute atomic E-state index is 6.29. The Bertz CT molecular complexity index is 596. The van der Waals surface area contributed by atoms with Gasteiger partial charge in [0, 0.05) is 22.5 Å². The smallest absolute Gasteiger partial charge is 0.0502 e. The second-order valence-corrected chi connectivity index (χ2v) is 4.91. The molecule has 4 heteroatoms. The number of benzene rings is 2. The summed E-state index contributed by atoms with van der Waals surface area (Å²) in [5.41, 5.74) is 9.51. The van der Waals surface area contributed by atoms with Crippen LogP contribution < -0.4 is 5.73 Å². The Morgan fingerprint density at radius 1 is 1.17 bits per heavy atom. The lowest BCUT2D eigenvalue weighted by molar-refractivity contribution is 1.07. The van der Waals surface area contributed by atoms with Crippen LogP contribution in [0.3, 0.4) is 0 Å². The molecule has 0 bridgehead atoms. The fourth-order valence-electron chi connectivity index (χ4n) is 1.92. The van der Waals surface area contributed by atoms with Crippen molar-refractivity contribution >= 4 is 40.8 Å². The van der Waals surface area contributed by atoms with Gasteiger partial charge in [0.15, 0.2) is 0 Å². The molecule has 1 nitrogen and oxygen atoms in total. The molecule has 0 aliphatic carbocycles. The Labute approximate surface area is 122 Å². The van der Waals surface area contributed by atoms with Crippen molar-refractivity contribution in [1.29, 1.82) is 0 Å². The minimum absolute atomic E-state index is 0.376. The number of halogens is 2. The molecule has 2 N–H and O–H groups in total. The predicted molar refractivity (Wildman–Crippen MR) is 82.5 cm³/mol. The van der Waals surface area contributed by atoms with Crippen LogP contribution in [0, 0.1) is 0 Å². The third-order valence-electron chi connectivity index (χ3n) is 2.71. The fraction of sp³-hybridized carbons (Fsp3) is 0.0714. The van der Waals surface area contributed by atoms with Crippen molar-refractivity contribution in [2.75, 3.05) is 0 Å². The maximum Gasteiger partial charge on any atom is 0.0502 e. The van der Waals surface area contributed by atoms with Crippen LogP contribution in [0.1, 0.15) is 11.1 Å². The summed E-state index contributed by atoms with van der Waals surface area (Å²) in [4.78, 5) is 0. The molecule has 2 aromatic rings. The summed E-state index contributed by atoms with van der Waals surface area (Å²) >= 11 is 17.3. The molecule has 2 rings (SSSR count). The molecule has 0 atom stereocenters. The van der Waals surface area contributed by atoms with E-state index in [2.05, 4.69) is 0 Å². The highest BCUT2D eigenvalue weighted by Crippen LogP contribution is 2.35. The van der Waals surface area contributed by atoms with Gasteiger partial charge in [-0.3, -0.25) is 0 Å². The van der Waals surface area contributed by atoms with Gasteiger partial charge in [0.2, 0.25) is 0 Å². The van der Waals surface area contributed by atoms with Crippen molar-refractivity contribution in [2.45, 2.75) is 6.54 Å². The Kier molecular flexibility index (Phi) is 4.36. The zero-order chi connectivity index (χ0) is 13.1. The third-order valence-corrected chi connectivity index (χ3v) is 3.48. The van der Waals surface area contributed by atoms with E-state index in [9.17, 15) is 0 Å². The fourth-order valence-corrected chi connectivity index (χ4v) is 2.76. The molecular weight excluding hydrogens is 285 g/mol. The minimum atomic E-state index is 0.376. The van der Waals surface area contributed by atoms with Crippen LogP contribution in [-0.2, 0) is 6.54 Å². The van der Waals surface area contributed by atoms with E-state index < -0.39 is 0 Å². The van der Waals surface area contributed by atoms with E-state index in [1.54, 1.807) is 11.4 Å². The van der Waals surface area contributed by atoms with Crippen molar-refractivity contribution in [3.8, 4) is 11.1 Å². The van der Waals surface area contributed by atoms with Gasteiger partial charge in [0.1, 0.15) is 0 Å². The van der Waals surface area contributed by atoms with Crippen LogP contribution >= 0.6 is 35.4 Å². The highest BCUT2D eigenvalue weighted by molar-refractivity contribution is 7.79. The Morgan fingerprint density at radius 3 is 2.56 bits per heavy atom. The van der Waals surface area contributed by atoms with E-state index in [1.165, 1.54) is 0 Å². The predicted octanol–water partition coefficient (Wildman–Crippen LogP) is 4.47. The molecule has 0 saturated heterocycles. The zero-order valence-electron chi connectivity index (χ0n) is 9.49. The van der Waals surface area contributed by atoms with Crippen molar-refractivity contribution in [1.82, 2.24) is 0 Å². The Balaban J connectivity index is 2.74. The molecule has 2 aromatic carbocycles. The first-order chi connectivity index (χ1) is 8.67. The number of rotatable bonds is 3. The van der Waals surface area contributed by atoms with Crippen molar-refractivity contribution < 1.29 is 0 Å². The molecule has 0 saturated carbocycles. The van der Waals surface area contributed by atoms with Gasteiger partial charge in [-0.1, -0.05) is 59.7 Å². The van der Waals surface area contributed by atoms with Crippen molar-refractivity contribution in [3.63, 3.8) is 0 Å². The van der Waals surface area contributed by atoms with Crippen LogP contribution in [0.4, 0.5) is 0 Å². The zero-order valence-corrected chi connectivity index (χ0v) is 11.8. The van der Waals surface area contributed by atoms with Crippen LogP contribution in [-0.4, -0.2) is 5.37 Å². The Hall–Kier alpha value is -0.930. The number of nitrogens with two attached hydrogens (primary N) is 1. The molecule has 0 spiro atoms. The monoisotopic (exact) mass is 295 g/mol. The minimum Gasteiger partial charge on any atom is -0.326 e. The summed E-state index contributed by atoms with van der Waals surface area (Å²) in [6.45, 7) is 0.376. The summed E-state index contributed by atoms with van der Waals surface area (Å²) in [6.07, 6.45) is 0. The van der Waals surface area contributed by atoms with Gasteiger partial charge in [-0.25, -0.2) is 0 Å². The standard InChI is InChI=1S/C14H11Cl2NS/c15-11-5-10(7-17)14(13(16)6-11)12-4-2-1-3-9(12)8-18/h1-6,8H,7,17H2. The third kappa shape index (κ3) is 2.57. The maximum atomic E-state index is 6.29. The molecule has 0 amide bonds. The van der Waals surface area contributed by atoms with E-state index in [1.807, 2.05) is 30.3 Å². The van der Waals surface area contributed by atoms with Crippen LogP contribution in [0.25, 0.3) is 11.1 Å². The van der Waals surface area contributed by atoms with Gasteiger partial charge in [-0.15, -0.1) is 0 Å². The normalized spacial score (nSPS) is 10.4. The van der Waals surface area contributed by atoms with Gasteiger partial charge in [0.25, 0.3) is 0 Å². The van der Waals surface area contributed by atoms with Gasteiger partial charge in [-0.2, -0.15) is 0 Å². The lowest BCUT2D eigenvalue weighted by Gasteiger charge is -2.13. The van der Waals surface area contributed by atoms with Gasteiger partial charge in [-0.05, 0) is 28.8 Å². The van der Waals surface area contributed by atoms with Gasteiger partial charge >= 0.3 is 0 Å². The molecule has 0 aliphatic heterocycles. The second kappa shape index (κ2) is 5.81. The van der Waals surface area contributed by atoms with Gasteiger partial charge in [0.05, 0.1) is 5.02 Å². The number of hydrogen-bond donors (Lipinski definition) is 1. The van der Waals surface area contributed by atoms with Crippen LogP contribution in [0.5, 0.6) is 0 Å². The first kappa shape index (κ1) is 13.5. The molecule has 0 aromatic heterocycles. The molecule has 92 valence electrons. The lowest BCUT2D eigenvalue weighted by Crippen LogP contribution is -2.01. The van der Waals surface area contributed by atoms with Crippen molar-refractivity contribution in [2.24, 2.45) is 5.73 Å². The molecule has 0 aliphatic rings. The molecule has 0 heterocycles. The largest absolute Gasteiger partial charge is 0.326 e. The first-order valence-corrected chi connectivity index (χ1v) is 6.62. The van der Waals surface area contributed by atoms with E-state index in [0.29, 0.717) is 16.6 Å². The summed E-state index contributed by atoms with van der Waals surface area (Å²) in [6, 6.07) is 11.4. The highest BCUT2D eigenvalue weighted by atomic mass is 35.5. The van der Waals surface area contributed by atoms with E-state index >= 15 is 0 Å². The van der Waals surface area contributed by atoms with Crippen LogP contribution in [0.2, 0.25) is 10.0 Å². The lowest BCUT2D eigenvalue weighted by atomic mass is 9.96. The number of hydrogen-bond acceptors (Lipinski definition) is 2. The SMILES string of the molecule is NCc1cc(Cl)cc(Cl)c1-c1ccccc1C=S. The highest BCUT2D eigenvalue weighted by Gasteiger charge is 2.12. The van der Waals surface area contributed by atoms with E-state index in [-0.39, 0.29) is 0 Å². The second-order valence-electron chi connectivity index (χ2n) is 3.83. The average molecular weight is 296 g/mol. The van der Waals surface area contributed by atoms with E-state index in [4.69, 9.17) is 41.2 Å². The molecule has 18 heavy (non-hydrogen) atoms. The number of thiocarbonyl (C=S) groups is 1. The van der Waals surface area contributed by atoms with Crippen LogP contribution in [0.15, 0.2) is 36.4 Å². The summed E-state index contributed by atoms with van der Waals surface area (Å²) in [7, 11) is 0. The topological polar surface area (TPSA) is 26.0 Å². The average Bonchev–Trinajstić information content (AvgIpc) is 2.38. The van der Waals surface area contributed by atoms with Crippen molar-refractivity contribution in [3.05, 3.63) is 57.6 Å². The Morgan fingerprint density at radius 2 is 1.89 bits per heavy atom. The summed E-state index contributed by atoms with van der Waals surface area (Å²) < 4.78 is 0. The summed E-state index contributed by atoms with van der Waals surface area (Å²) in [5.74, 6) is 0. The van der Waals surface area contributed by atoms with E-state index in [0.717, 1.165) is 22.3 Å². The molecule has 0 unspecified atom stereocenters. The molecular formula is C14H11Cl2NS. The molecule has 0 fully saturated rings. The molecule has 0 radical (unpaired) electrons. The summed E-state index contributed by atoms with van der Waals surface area (Å²) in [5, 5.41) is 2.82. The quantitative estimate of drug-likeness (QED) is 0.846. The first-order valence-electron chi connectivity index (χ1n) is 5.40.